The van der Waals surface area contributed by atoms with Gasteiger partial charge in [0.05, 0.1) is 17.1 Å². The van der Waals surface area contributed by atoms with Gasteiger partial charge in [-0.05, 0) is 36.6 Å². The summed E-state index contributed by atoms with van der Waals surface area (Å²) in [6, 6.07) is 16.3. The third kappa shape index (κ3) is 2.78. The highest BCUT2D eigenvalue weighted by Crippen LogP contribution is 2.45. The number of nitrogens with zero attached hydrogens (tertiary/aromatic N) is 2. The first-order chi connectivity index (χ1) is 14.5. The summed E-state index contributed by atoms with van der Waals surface area (Å²) in [7, 11) is 0. The Bertz CT molecular complexity index is 1250. The number of aromatic nitrogens is 1. The van der Waals surface area contributed by atoms with Crippen molar-refractivity contribution in [2.75, 3.05) is 4.90 Å². The number of anilines is 1. The van der Waals surface area contributed by atoms with E-state index in [0.29, 0.717) is 28.6 Å². The highest BCUT2D eigenvalue weighted by atomic mass is 32.1. The molecule has 1 aliphatic rings. The number of aliphatic hydroxyl groups is 1. The molecule has 0 bridgehead atoms. The van der Waals surface area contributed by atoms with E-state index < -0.39 is 17.3 Å². The van der Waals surface area contributed by atoms with Gasteiger partial charge in [-0.15, -0.1) is 11.3 Å². The minimum absolute atomic E-state index is 0.133. The van der Waals surface area contributed by atoms with Gasteiger partial charge in [-0.2, -0.15) is 0 Å². The molecule has 2 aromatic carbocycles. The van der Waals surface area contributed by atoms with Crippen LogP contribution >= 0.6 is 11.3 Å². The molecule has 5 nitrogen and oxygen atoms in total. The average Bonchev–Trinajstić information content (AvgIpc) is 3.45. The van der Waals surface area contributed by atoms with Crippen LogP contribution in [-0.4, -0.2) is 16.0 Å². The van der Waals surface area contributed by atoms with E-state index in [1.807, 2.05) is 17.5 Å². The van der Waals surface area contributed by atoms with Crippen molar-refractivity contribution in [2.45, 2.75) is 19.1 Å². The molecule has 0 saturated heterocycles. The molecule has 30 heavy (non-hydrogen) atoms. The van der Waals surface area contributed by atoms with E-state index >= 15 is 0 Å². The topological polar surface area (TPSA) is 66.6 Å². The average molecular weight is 420 g/mol. The molecule has 7 heteroatoms. The van der Waals surface area contributed by atoms with E-state index in [2.05, 4.69) is 4.98 Å². The number of carbonyl (C=O) groups excluding carboxylic acids is 1. The molecule has 5 rings (SSSR count). The lowest BCUT2D eigenvalue weighted by molar-refractivity contribution is -0.132. The van der Waals surface area contributed by atoms with Crippen LogP contribution in [0, 0.1) is 12.7 Å². The van der Waals surface area contributed by atoms with Gasteiger partial charge in [0.15, 0.2) is 5.60 Å². The van der Waals surface area contributed by atoms with Gasteiger partial charge in [-0.25, -0.2) is 9.37 Å². The summed E-state index contributed by atoms with van der Waals surface area (Å²) in [5.74, 6) is 0.0367. The summed E-state index contributed by atoms with van der Waals surface area (Å²) in [6.45, 7) is 1.93. The second-order valence-corrected chi connectivity index (χ2v) is 8.08. The molecule has 1 atom stereocenters. The second kappa shape index (κ2) is 6.90. The van der Waals surface area contributed by atoms with E-state index in [1.54, 1.807) is 37.3 Å². The van der Waals surface area contributed by atoms with Crippen LogP contribution in [0.1, 0.15) is 22.6 Å². The predicted molar refractivity (Wildman–Crippen MR) is 112 cm³/mol. The number of rotatable bonds is 4. The SMILES string of the molecule is Cc1oc(-c2cccs2)nc1CN1C(=O)[C@@](O)(c2cccc(F)c2)c2ccccc21. The summed E-state index contributed by atoms with van der Waals surface area (Å²) >= 11 is 1.52. The highest BCUT2D eigenvalue weighted by Gasteiger charge is 2.51. The fraction of sp³-hybridized carbons (Fsp3) is 0.130. The third-order valence-electron chi connectivity index (χ3n) is 5.31. The van der Waals surface area contributed by atoms with Gasteiger partial charge in [0.1, 0.15) is 17.3 Å². The molecular formula is C23H17FN2O3S. The molecule has 150 valence electrons. The summed E-state index contributed by atoms with van der Waals surface area (Å²) in [5.41, 5.74) is -0.189. The number of amides is 1. The van der Waals surface area contributed by atoms with Crippen molar-refractivity contribution < 1.29 is 18.7 Å². The first-order valence-corrected chi connectivity index (χ1v) is 10.3. The molecular weight excluding hydrogens is 403 g/mol. The Morgan fingerprint density at radius 3 is 2.77 bits per heavy atom. The second-order valence-electron chi connectivity index (χ2n) is 7.13. The van der Waals surface area contributed by atoms with E-state index in [4.69, 9.17) is 4.42 Å². The van der Waals surface area contributed by atoms with Crippen LogP contribution in [-0.2, 0) is 16.9 Å². The fourth-order valence-electron chi connectivity index (χ4n) is 3.81. The monoisotopic (exact) mass is 420 g/mol. The van der Waals surface area contributed by atoms with Gasteiger partial charge in [0.2, 0.25) is 5.89 Å². The Morgan fingerprint density at radius 1 is 1.17 bits per heavy atom. The number of fused-ring (bicyclic) bond motifs is 1. The molecule has 4 aromatic rings. The molecule has 0 spiro atoms. The van der Waals surface area contributed by atoms with Crippen LogP contribution in [0.2, 0.25) is 0 Å². The molecule has 1 aliphatic heterocycles. The van der Waals surface area contributed by atoms with Gasteiger partial charge in [-0.3, -0.25) is 4.79 Å². The molecule has 1 amide bonds. The molecule has 0 fully saturated rings. The summed E-state index contributed by atoms with van der Waals surface area (Å²) in [6.07, 6.45) is 0. The molecule has 0 aliphatic carbocycles. The van der Waals surface area contributed by atoms with Crippen LogP contribution in [0.15, 0.2) is 70.5 Å². The minimum atomic E-state index is -1.97. The van der Waals surface area contributed by atoms with Gasteiger partial charge >= 0.3 is 0 Å². The molecule has 0 unspecified atom stereocenters. The number of hydrogen-bond donors (Lipinski definition) is 1. The number of benzene rings is 2. The van der Waals surface area contributed by atoms with Gasteiger partial charge in [-0.1, -0.05) is 36.4 Å². The number of thiophene rings is 1. The van der Waals surface area contributed by atoms with Crippen LogP contribution in [0.3, 0.4) is 0 Å². The predicted octanol–water partition coefficient (Wildman–Crippen LogP) is 4.63. The van der Waals surface area contributed by atoms with Crippen molar-refractivity contribution in [3.63, 3.8) is 0 Å². The Hall–Kier alpha value is -3.29. The smallest absolute Gasteiger partial charge is 0.268 e. The Kier molecular flexibility index (Phi) is 4.30. The van der Waals surface area contributed by atoms with Gasteiger partial charge < -0.3 is 14.4 Å². The van der Waals surface area contributed by atoms with Crippen molar-refractivity contribution in [1.82, 2.24) is 4.98 Å². The zero-order chi connectivity index (χ0) is 20.9. The maximum absolute atomic E-state index is 13.9. The normalized spacial score (nSPS) is 18.1. The van der Waals surface area contributed by atoms with Crippen molar-refractivity contribution >= 4 is 22.9 Å². The summed E-state index contributed by atoms with van der Waals surface area (Å²) < 4.78 is 19.7. The fourth-order valence-corrected chi connectivity index (χ4v) is 4.46. The standard InChI is InChI=1S/C23H17FN2O3S/c1-14-18(25-21(29-14)20-10-5-11-30-20)13-26-19-9-3-2-8-17(19)23(28,22(26)27)15-6-4-7-16(24)12-15/h2-12,28H,13H2,1H3/t23-/m1/s1. The molecule has 2 aromatic heterocycles. The minimum Gasteiger partial charge on any atom is -0.440 e. The maximum Gasteiger partial charge on any atom is 0.268 e. The summed E-state index contributed by atoms with van der Waals surface area (Å²) in [5, 5.41) is 13.4. The lowest BCUT2D eigenvalue weighted by Gasteiger charge is -2.23. The van der Waals surface area contributed by atoms with Crippen molar-refractivity contribution in [2.24, 2.45) is 0 Å². The van der Waals surface area contributed by atoms with E-state index in [1.165, 1.54) is 34.4 Å². The molecule has 0 radical (unpaired) electrons. The Balaban J connectivity index is 1.57. The summed E-state index contributed by atoms with van der Waals surface area (Å²) in [4.78, 5) is 20.4. The quantitative estimate of drug-likeness (QED) is 0.523. The number of halogens is 1. The van der Waals surface area contributed by atoms with Crippen LogP contribution in [0.5, 0.6) is 0 Å². The van der Waals surface area contributed by atoms with Crippen LogP contribution in [0.4, 0.5) is 10.1 Å². The molecule has 0 saturated carbocycles. The molecule has 3 heterocycles. The van der Waals surface area contributed by atoms with E-state index in [9.17, 15) is 14.3 Å². The number of para-hydroxylation sites is 1. The van der Waals surface area contributed by atoms with Crippen molar-refractivity contribution in [3.05, 3.63) is 94.4 Å². The lowest BCUT2D eigenvalue weighted by Crippen LogP contribution is -2.41. The number of hydrogen-bond acceptors (Lipinski definition) is 5. The highest BCUT2D eigenvalue weighted by molar-refractivity contribution is 7.13. The number of carbonyl (C=O) groups is 1. The van der Waals surface area contributed by atoms with Crippen LogP contribution < -0.4 is 4.90 Å². The van der Waals surface area contributed by atoms with Gasteiger partial charge in [0.25, 0.3) is 5.91 Å². The largest absolute Gasteiger partial charge is 0.440 e. The van der Waals surface area contributed by atoms with Gasteiger partial charge in [0, 0.05) is 11.1 Å². The lowest BCUT2D eigenvalue weighted by atomic mass is 9.87. The number of oxazole rings is 1. The van der Waals surface area contributed by atoms with Crippen LogP contribution in [0.25, 0.3) is 10.8 Å². The first kappa shape index (κ1) is 18.7. The van der Waals surface area contributed by atoms with Crippen molar-refractivity contribution in [3.8, 4) is 10.8 Å². The third-order valence-corrected chi connectivity index (χ3v) is 6.17. The van der Waals surface area contributed by atoms with E-state index in [-0.39, 0.29) is 12.1 Å². The Labute approximate surface area is 176 Å². The maximum atomic E-state index is 13.9. The molecule has 1 N–H and O–H groups in total. The number of aryl methyl sites for hydroxylation is 1. The van der Waals surface area contributed by atoms with Crippen molar-refractivity contribution in [1.29, 1.82) is 0 Å². The zero-order valence-corrected chi connectivity index (χ0v) is 16.8. The zero-order valence-electron chi connectivity index (χ0n) is 16.0. The van der Waals surface area contributed by atoms with E-state index in [0.717, 1.165) is 4.88 Å². The first-order valence-electron chi connectivity index (χ1n) is 9.38. The Morgan fingerprint density at radius 2 is 2.00 bits per heavy atom.